The molecule has 2 rings (SSSR count). The van der Waals surface area contributed by atoms with Crippen LogP contribution in [0.15, 0.2) is 17.2 Å². The second-order valence-corrected chi connectivity index (χ2v) is 7.25. The van der Waals surface area contributed by atoms with Crippen molar-refractivity contribution < 1.29 is 8.42 Å². The molecule has 1 unspecified atom stereocenters. The van der Waals surface area contributed by atoms with E-state index in [-0.39, 0.29) is 23.2 Å². The number of imidazole rings is 1. The first-order valence-electron chi connectivity index (χ1n) is 6.71. The van der Waals surface area contributed by atoms with Gasteiger partial charge in [0.15, 0.2) is 9.84 Å². The van der Waals surface area contributed by atoms with Gasteiger partial charge in [0.1, 0.15) is 0 Å². The van der Waals surface area contributed by atoms with Crippen LogP contribution in [-0.4, -0.2) is 41.6 Å². The molecule has 0 aromatic carbocycles. The maximum absolute atomic E-state index is 11.9. The van der Waals surface area contributed by atoms with Crippen molar-refractivity contribution in [2.45, 2.75) is 38.9 Å². The predicted molar refractivity (Wildman–Crippen MR) is 74.0 cm³/mol. The number of nitrogens with one attached hydrogen (secondary N) is 1. The van der Waals surface area contributed by atoms with Gasteiger partial charge in [0.2, 0.25) is 0 Å². The lowest BCUT2D eigenvalue weighted by Gasteiger charge is -2.10. The maximum atomic E-state index is 11.9. The van der Waals surface area contributed by atoms with Crippen LogP contribution in [0.3, 0.4) is 0 Å². The largest absolute Gasteiger partial charge is 0.328 e. The number of hydrogen-bond donors (Lipinski definition) is 1. The summed E-state index contributed by atoms with van der Waals surface area (Å²) >= 11 is 0. The van der Waals surface area contributed by atoms with E-state index in [0.29, 0.717) is 19.5 Å². The van der Waals surface area contributed by atoms with Gasteiger partial charge in [0, 0.05) is 38.1 Å². The molecule has 0 aliphatic carbocycles. The fourth-order valence-electron chi connectivity index (χ4n) is 2.38. The minimum atomic E-state index is -2.84. The summed E-state index contributed by atoms with van der Waals surface area (Å²) in [6.07, 6.45) is 5.19. The second kappa shape index (κ2) is 5.92. The molecule has 108 valence electrons. The molecule has 1 N–H and O–H groups in total. The smallest absolute Gasteiger partial charge is 0.311 e. The Kier molecular flexibility index (Phi) is 4.46. The van der Waals surface area contributed by atoms with E-state index in [1.165, 1.54) is 0 Å². The first-order chi connectivity index (χ1) is 9.02. The van der Waals surface area contributed by atoms with Crippen LogP contribution in [0.4, 0.5) is 0 Å². The Bertz CT molecular complexity index is 573. The van der Waals surface area contributed by atoms with Crippen LogP contribution in [0.1, 0.15) is 19.8 Å². The summed E-state index contributed by atoms with van der Waals surface area (Å²) in [4.78, 5) is 11.9. The molecule has 7 heteroatoms. The summed E-state index contributed by atoms with van der Waals surface area (Å²) < 4.78 is 26.0. The molecule has 1 aliphatic heterocycles. The molecule has 1 aromatic rings. The van der Waals surface area contributed by atoms with Gasteiger partial charge in [0.05, 0.1) is 11.5 Å². The summed E-state index contributed by atoms with van der Waals surface area (Å²) in [5.74, 6) is 0.496. The minimum absolute atomic E-state index is 0.00249. The number of sulfone groups is 1. The monoisotopic (exact) mass is 287 g/mol. The molecule has 1 saturated heterocycles. The van der Waals surface area contributed by atoms with Crippen molar-refractivity contribution in [3.05, 3.63) is 22.9 Å². The Labute approximate surface area is 113 Å². The van der Waals surface area contributed by atoms with Crippen LogP contribution in [0.25, 0.3) is 0 Å². The van der Waals surface area contributed by atoms with Gasteiger partial charge in [-0.3, -0.25) is 9.13 Å². The molecule has 6 nitrogen and oxygen atoms in total. The summed E-state index contributed by atoms with van der Waals surface area (Å²) in [6, 6.07) is 0.0402. The van der Waals surface area contributed by atoms with Crippen LogP contribution in [0.5, 0.6) is 0 Å². The third-order valence-corrected chi connectivity index (χ3v) is 5.17. The van der Waals surface area contributed by atoms with E-state index in [1.807, 2.05) is 6.92 Å². The van der Waals surface area contributed by atoms with Gasteiger partial charge >= 0.3 is 5.69 Å². The van der Waals surface area contributed by atoms with Gasteiger partial charge < -0.3 is 5.32 Å². The van der Waals surface area contributed by atoms with E-state index >= 15 is 0 Å². The van der Waals surface area contributed by atoms with Crippen LogP contribution in [0.2, 0.25) is 0 Å². The molecule has 0 spiro atoms. The van der Waals surface area contributed by atoms with Crippen LogP contribution < -0.4 is 11.0 Å². The van der Waals surface area contributed by atoms with E-state index in [2.05, 4.69) is 5.32 Å². The quantitative estimate of drug-likeness (QED) is 0.789. The number of hydrogen-bond acceptors (Lipinski definition) is 4. The van der Waals surface area contributed by atoms with Crippen molar-refractivity contribution in [2.24, 2.45) is 0 Å². The Morgan fingerprint density at radius 1 is 1.32 bits per heavy atom. The standard InChI is InChI=1S/C12H21N3O3S/c1-2-5-14-7-8-15(12(14)16)6-4-13-11-3-9-19(17,18)10-11/h7-8,11,13H,2-6,9-10H2,1H3. The van der Waals surface area contributed by atoms with Crippen LogP contribution >= 0.6 is 0 Å². The van der Waals surface area contributed by atoms with Crippen molar-refractivity contribution in [3.63, 3.8) is 0 Å². The molecule has 19 heavy (non-hydrogen) atoms. The topological polar surface area (TPSA) is 73.1 Å². The highest BCUT2D eigenvalue weighted by molar-refractivity contribution is 7.91. The van der Waals surface area contributed by atoms with Gasteiger partial charge in [-0.1, -0.05) is 6.92 Å². The number of aromatic nitrogens is 2. The zero-order valence-corrected chi connectivity index (χ0v) is 12.0. The molecule has 1 aliphatic rings. The molecular formula is C12H21N3O3S. The van der Waals surface area contributed by atoms with Crippen molar-refractivity contribution >= 4 is 9.84 Å². The van der Waals surface area contributed by atoms with Crippen molar-refractivity contribution in [2.75, 3.05) is 18.1 Å². The minimum Gasteiger partial charge on any atom is -0.311 e. The average Bonchev–Trinajstić information content (AvgIpc) is 2.86. The molecule has 0 bridgehead atoms. The third kappa shape index (κ3) is 3.70. The van der Waals surface area contributed by atoms with Gasteiger partial charge in [-0.05, 0) is 12.8 Å². The van der Waals surface area contributed by atoms with Crippen LogP contribution in [-0.2, 0) is 22.9 Å². The lowest BCUT2D eigenvalue weighted by atomic mass is 10.3. The summed E-state index contributed by atoms with van der Waals surface area (Å²) in [6.45, 7) is 3.97. The highest BCUT2D eigenvalue weighted by Gasteiger charge is 2.27. The highest BCUT2D eigenvalue weighted by atomic mass is 32.2. The van der Waals surface area contributed by atoms with Gasteiger partial charge in [0.25, 0.3) is 0 Å². The highest BCUT2D eigenvalue weighted by Crippen LogP contribution is 2.10. The Hall–Kier alpha value is -1.08. The molecule has 2 heterocycles. The molecule has 1 fully saturated rings. The fraction of sp³-hybridized carbons (Fsp3) is 0.750. The lowest BCUT2D eigenvalue weighted by molar-refractivity contribution is 0.508. The van der Waals surface area contributed by atoms with Crippen molar-refractivity contribution in [1.82, 2.24) is 14.5 Å². The molecule has 1 atom stereocenters. The average molecular weight is 287 g/mol. The van der Waals surface area contributed by atoms with Gasteiger partial charge in [-0.2, -0.15) is 0 Å². The molecule has 0 amide bonds. The summed E-state index contributed by atoms with van der Waals surface area (Å²) in [7, 11) is -2.84. The first-order valence-corrected chi connectivity index (χ1v) is 8.53. The van der Waals surface area contributed by atoms with Crippen molar-refractivity contribution in [3.8, 4) is 0 Å². The Balaban J connectivity index is 1.82. The summed E-state index contributed by atoms with van der Waals surface area (Å²) in [5, 5.41) is 3.21. The third-order valence-electron chi connectivity index (χ3n) is 3.40. The van der Waals surface area contributed by atoms with Gasteiger partial charge in [-0.25, -0.2) is 13.2 Å². The maximum Gasteiger partial charge on any atom is 0.328 e. The predicted octanol–water partition coefficient (Wildman–Crippen LogP) is -0.163. The number of aryl methyl sites for hydroxylation is 1. The normalized spacial score (nSPS) is 21.8. The van der Waals surface area contributed by atoms with E-state index in [0.717, 1.165) is 13.0 Å². The van der Waals surface area contributed by atoms with Crippen LogP contribution in [0, 0.1) is 0 Å². The molecule has 0 radical (unpaired) electrons. The zero-order valence-electron chi connectivity index (χ0n) is 11.2. The zero-order chi connectivity index (χ0) is 13.9. The van der Waals surface area contributed by atoms with E-state index < -0.39 is 9.84 Å². The lowest BCUT2D eigenvalue weighted by Crippen LogP contribution is -2.35. The SMILES string of the molecule is CCCn1ccn(CCNC2CCS(=O)(=O)C2)c1=O. The molecule has 1 aromatic heterocycles. The van der Waals surface area contributed by atoms with E-state index in [1.54, 1.807) is 21.5 Å². The fourth-order valence-corrected chi connectivity index (χ4v) is 4.09. The van der Waals surface area contributed by atoms with Crippen molar-refractivity contribution in [1.29, 1.82) is 0 Å². The Morgan fingerprint density at radius 2 is 2.00 bits per heavy atom. The van der Waals surface area contributed by atoms with E-state index in [9.17, 15) is 13.2 Å². The van der Waals surface area contributed by atoms with E-state index in [4.69, 9.17) is 0 Å². The second-order valence-electron chi connectivity index (χ2n) is 5.02. The first kappa shape index (κ1) is 14.3. The Morgan fingerprint density at radius 3 is 2.58 bits per heavy atom. The number of nitrogens with zero attached hydrogens (tertiary/aromatic N) is 2. The van der Waals surface area contributed by atoms with Gasteiger partial charge in [-0.15, -0.1) is 0 Å². The molecular weight excluding hydrogens is 266 g/mol. The molecule has 0 saturated carbocycles. The summed E-state index contributed by atoms with van der Waals surface area (Å²) in [5.41, 5.74) is 0.00249. The number of rotatable bonds is 6.